The molecular formula is C21H15F3N4O2. The van der Waals surface area contributed by atoms with Crippen LogP contribution in [0, 0.1) is 0 Å². The quantitative estimate of drug-likeness (QED) is 0.595. The Morgan fingerprint density at radius 1 is 1.07 bits per heavy atom. The lowest BCUT2D eigenvalue weighted by Gasteiger charge is -2.14. The van der Waals surface area contributed by atoms with Gasteiger partial charge in [-0.3, -0.25) is 9.59 Å². The Morgan fingerprint density at radius 3 is 2.67 bits per heavy atom. The summed E-state index contributed by atoms with van der Waals surface area (Å²) in [6, 6.07) is 12.6. The van der Waals surface area contributed by atoms with Crippen LogP contribution in [0.1, 0.15) is 31.8 Å². The lowest BCUT2D eigenvalue weighted by Crippen LogP contribution is -2.15. The summed E-state index contributed by atoms with van der Waals surface area (Å²) in [6.07, 6.45) is -3.03. The van der Waals surface area contributed by atoms with E-state index in [9.17, 15) is 22.8 Å². The predicted octanol–water partition coefficient (Wildman–Crippen LogP) is 4.34. The molecule has 4 rings (SSSR count). The lowest BCUT2D eigenvalue weighted by molar-refractivity contribution is -0.137. The summed E-state index contributed by atoms with van der Waals surface area (Å²) in [6.45, 7) is 0.343. The van der Waals surface area contributed by atoms with Crippen LogP contribution in [-0.2, 0) is 12.7 Å². The normalized spacial score (nSPS) is 12.8. The van der Waals surface area contributed by atoms with E-state index in [1.807, 2.05) is 0 Å². The van der Waals surface area contributed by atoms with Crippen LogP contribution in [0.3, 0.4) is 0 Å². The van der Waals surface area contributed by atoms with Crippen molar-refractivity contribution in [3.8, 4) is 0 Å². The number of hydrogen-bond acceptors (Lipinski definition) is 4. The van der Waals surface area contributed by atoms with Crippen molar-refractivity contribution in [2.24, 2.45) is 0 Å². The zero-order valence-electron chi connectivity index (χ0n) is 15.4. The first kappa shape index (κ1) is 19.4. The van der Waals surface area contributed by atoms with E-state index in [1.165, 1.54) is 24.4 Å². The van der Waals surface area contributed by atoms with Crippen LogP contribution in [-0.4, -0.2) is 16.8 Å². The number of amides is 2. The van der Waals surface area contributed by atoms with E-state index in [2.05, 4.69) is 20.9 Å². The first-order valence-electron chi connectivity index (χ1n) is 8.93. The molecule has 0 spiro atoms. The molecule has 0 fully saturated rings. The number of hydrogen-bond donors (Lipinski definition) is 3. The van der Waals surface area contributed by atoms with E-state index in [0.29, 0.717) is 17.8 Å². The van der Waals surface area contributed by atoms with Gasteiger partial charge in [0.25, 0.3) is 11.8 Å². The summed E-state index contributed by atoms with van der Waals surface area (Å²) in [5, 5.41) is 8.25. The number of halogens is 3. The molecule has 0 radical (unpaired) electrons. The first-order chi connectivity index (χ1) is 14.3. The molecule has 0 aliphatic carbocycles. The Balaban J connectivity index is 1.60. The minimum Gasteiger partial charge on any atom is -0.348 e. The first-order valence-corrected chi connectivity index (χ1v) is 8.93. The van der Waals surface area contributed by atoms with Gasteiger partial charge in [0.2, 0.25) is 0 Å². The number of anilines is 3. The van der Waals surface area contributed by atoms with Crippen LogP contribution in [0.2, 0.25) is 0 Å². The zero-order valence-corrected chi connectivity index (χ0v) is 15.4. The van der Waals surface area contributed by atoms with Crippen molar-refractivity contribution >= 4 is 29.0 Å². The molecule has 2 aromatic carbocycles. The molecule has 2 heterocycles. The molecule has 9 heteroatoms. The van der Waals surface area contributed by atoms with Gasteiger partial charge in [-0.1, -0.05) is 12.1 Å². The number of carbonyl (C=O) groups is 2. The highest BCUT2D eigenvalue weighted by molar-refractivity contribution is 6.08. The largest absolute Gasteiger partial charge is 0.416 e. The van der Waals surface area contributed by atoms with Crippen molar-refractivity contribution < 1.29 is 22.8 Å². The SMILES string of the molecule is O=C(Nc1cccc(C(F)(F)F)c1)c1cccnc1Nc1cccc2c1CNC2=O. The highest BCUT2D eigenvalue weighted by atomic mass is 19.4. The van der Waals surface area contributed by atoms with Crippen molar-refractivity contribution in [3.63, 3.8) is 0 Å². The zero-order chi connectivity index (χ0) is 21.3. The molecule has 0 atom stereocenters. The van der Waals surface area contributed by atoms with Gasteiger partial charge in [-0.2, -0.15) is 13.2 Å². The molecule has 3 N–H and O–H groups in total. The number of fused-ring (bicyclic) bond motifs is 1. The van der Waals surface area contributed by atoms with E-state index >= 15 is 0 Å². The number of aromatic nitrogens is 1. The second kappa shape index (κ2) is 7.51. The topological polar surface area (TPSA) is 83.1 Å². The number of nitrogens with zero attached hydrogens (tertiary/aromatic N) is 1. The number of carbonyl (C=O) groups excluding carboxylic acids is 2. The van der Waals surface area contributed by atoms with Gasteiger partial charge in [0.15, 0.2) is 0 Å². The highest BCUT2D eigenvalue weighted by Gasteiger charge is 2.30. The summed E-state index contributed by atoms with van der Waals surface area (Å²) < 4.78 is 38.7. The fourth-order valence-electron chi connectivity index (χ4n) is 3.16. The third-order valence-electron chi connectivity index (χ3n) is 4.60. The number of nitrogens with one attached hydrogen (secondary N) is 3. The Labute approximate surface area is 169 Å². The minimum absolute atomic E-state index is 0.0139. The fourth-order valence-corrected chi connectivity index (χ4v) is 3.16. The third-order valence-corrected chi connectivity index (χ3v) is 4.60. The number of pyridine rings is 1. The summed E-state index contributed by atoms with van der Waals surface area (Å²) in [5.41, 5.74) is 1.19. The van der Waals surface area contributed by atoms with Crippen LogP contribution >= 0.6 is 0 Å². The Kier molecular flexibility index (Phi) is 4.86. The predicted molar refractivity (Wildman–Crippen MR) is 105 cm³/mol. The Hall–Kier alpha value is -3.88. The molecule has 1 aliphatic heterocycles. The van der Waals surface area contributed by atoms with Crippen molar-refractivity contribution in [2.75, 3.05) is 10.6 Å². The highest BCUT2D eigenvalue weighted by Crippen LogP contribution is 2.31. The number of alkyl halides is 3. The third kappa shape index (κ3) is 3.82. The molecular weight excluding hydrogens is 397 g/mol. The average Bonchev–Trinajstić information content (AvgIpc) is 3.10. The van der Waals surface area contributed by atoms with Gasteiger partial charge in [0, 0.05) is 35.2 Å². The van der Waals surface area contributed by atoms with Gasteiger partial charge < -0.3 is 16.0 Å². The van der Waals surface area contributed by atoms with Gasteiger partial charge in [-0.15, -0.1) is 0 Å². The van der Waals surface area contributed by atoms with Crippen LogP contribution < -0.4 is 16.0 Å². The minimum atomic E-state index is -4.51. The smallest absolute Gasteiger partial charge is 0.348 e. The molecule has 3 aromatic rings. The van der Waals surface area contributed by atoms with E-state index < -0.39 is 17.6 Å². The maximum Gasteiger partial charge on any atom is 0.416 e. The molecule has 0 bridgehead atoms. The van der Waals surface area contributed by atoms with E-state index in [4.69, 9.17) is 0 Å². The molecule has 1 aromatic heterocycles. The van der Waals surface area contributed by atoms with Crippen LogP contribution in [0.15, 0.2) is 60.8 Å². The summed E-state index contributed by atoms with van der Waals surface area (Å²) in [7, 11) is 0. The molecule has 6 nitrogen and oxygen atoms in total. The van der Waals surface area contributed by atoms with Gasteiger partial charge in [-0.25, -0.2) is 4.98 Å². The van der Waals surface area contributed by atoms with E-state index in [-0.39, 0.29) is 23.0 Å². The molecule has 152 valence electrons. The lowest BCUT2D eigenvalue weighted by atomic mass is 10.1. The van der Waals surface area contributed by atoms with Crippen LogP contribution in [0.5, 0.6) is 0 Å². The van der Waals surface area contributed by atoms with Gasteiger partial charge in [0.05, 0.1) is 11.1 Å². The maximum atomic E-state index is 12.9. The maximum absolute atomic E-state index is 12.9. The standard InChI is InChI=1S/C21H15F3N4O2/c22-21(23,24)12-4-1-5-13(10-12)27-20(30)15-7-3-9-25-18(15)28-17-8-2-6-14-16(17)11-26-19(14)29/h1-10H,11H2,(H,25,28)(H,26,29)(H,27,30). The molecule has 1 aliphatic rings. The van der Waals surface area contributed by atoms with E-state index in [1.54, 1.807) is 24.3 Å². The summed E-state index contributed by atoms with van der Waals surface area (Å²) in [5.74, 6) is -0.585. The Morgan fingerprint density at radius 2 is 1.87 bits per heavy atom. The number of benzene rings is 2. The van der Waals surface area contributed by atoms with E-state index in [0.717, 1.165) is 17.7 Å². The van der Waals surface area contributed by atoms with Crippen molar-refractivity contribution in [3.05, 3.63) is 83.0 Å². The molecule has 0 saturated heterocycles. The number of rotatable bonds is 4. The van der Waals surface area contributed by atoms with Crippen molar-refractivity contribution in [2.45, 2.75) is 12.7 Å². The fraction of sp³-hybridized carbons (Fsp3) is 0.0952. The van der Waals surface area contributed by atoms with Gasteiger partial charge in [0.1, 0.15) is 5.82 Å². The average molecular weight is 412 g/mol. The van der Waals surface area contributed by atoms with Gasteiger partial charge in [-0.05, 0) is 42.5 Å². The molecule has 2 amide bonds. The molecule has 0 unspecified atom stereocenters. The molecule has 30 heavy (non-hydrogen) atoms. The summed E-state index contributed by atoms with van der Waals surface area (Å²) >= 11 is 0. The van der Waals surface area contributed by atoms with Gasteiger partial charge >= 0.3 is 6.18 Å². The van der Waals surface area contributed by atoms with Crippen LogP contribution in [0.25, 0.3) is 0 Å². The summed E-state index contributed by atoms with van der Waals surface area (Å²) in [4.78, 5) is 28.8. The van der Waals surface area contributed by atoms with Crippen LogP contribution in [0.4, 0.5) is 30.4 Å². The Bertz CT molecular complexity index is 1150. The van der Waals surface area contributed by atoms with Crippen molar-refractivity contribution in [1.29, 1.82) is 0 Å². The molecule has 0 saturated carbocycles. The second-order valence-corrected chi connectivity index (χ2v) is 6.57. The monoisotopic (exact) mass is 412 g/mol. The van der Waals surface area contributed by atoms with Crippen molar-refractivity contribution in [1.82, 2.24) is 10.3 Å². The second-order valence-electron chi connectivity index (χ2n) is 6.57.